The summed E-state index contributed by atoms with van der Waals surface area (Å²) in [6.07, 6.45) is 0.0823. The number of carboxylic acids is 1. The quantitative estimate of drug-likeness (QED) is 0.797. The Bertz CT molecular complexity index is 449. The number of nitrogens with one attached hydrogen (secondary N) is 2. The van der Waals surface area contributed by atoms with Crippen molar-refractivity contribution in [3.8, 4) is 0 Å². The summed E-state index contributed by atoms with van der Waals surface area (Å²) in [7, 11) is 0. The number of hydrogen-bond donors (Lipinski definition) is 3. The number of rotatable bonds is 4. The Labute approximate surface area is 112 Å². The molecule has 1 aromatic carbocycles. The number of hydrogen-bond acceptors (Lipinski definition) is 3. The van der Waals surface area contributed by atoms with E-state index in [0.29, 0.717) is 18.1 Å². The van der Waals surface area contributed by atoms with E-state index in [1.54, 1.807) is 6.07 Å². The van der Waals surface area contributed by atoms with Crippen LogP contribution in [0.15, 0.2) is 22.7 Å². The Kier molecular flexibility index (Phi) is 3.61. The SMILES string of the molecule is O=C(O)CC1(Nc2cccc(Cl)c2Br)CNC1. The zero-order valence-electron chi connectivity index (χ0n) is 8.96. The summed E-state index contributed by atoms with van der Waals surface area (Å²) in [5.74, 6) is -0.808. The molecule has 1 saturated heterocycles. The molecule has 0 unspecified atom stereocenters. The number of halogens is 2. The zero-order chi connectivity index (χ0) is 12.5. The minimum absolute atomic E-state index is 0.0823. The minimum Gasteiger partial charge on any atom is -0.481 e. The average molecular weight is 320 g/mol. The van der Waals surface area contributed by atoms with Gasteiger partial charge in [-0.3, -0.25) is 4.79 Å². The maximum absolute atomic E-state index is 10.8. The van der Waals surface area contributed by atoms with E-state index in [2.05, 4.69) is 26.6 Å². The maximum atomic E-state index is 10.8. The van der Waals surface area contributed by atoms with Crippen LogP contribution in [-0.2, 0) is 4.79 Å². The van der Waals surface area contributed by atoms with Gasteiger partial charge < -0.3 is 15.7 Å². The van der Waals surface area contributed by atoms with Crippen LogP contribution in [0.2, 0.25) is 5.02 Å². The van der Waals surface area contributed by atoms with Crippen LogP contribution in [0, 0.1) is 0 Å². The van der Waals surface area contributed by atoms with E-state index >= 15 is 0 Å². The van der Waals surface area contributed by atoms with E-state index in [0.717, 1.165) is 10.2 Å². The van der Waals surface area contributed by atoms with E-state index in [9.17, 15) is 4.79 Å². The second-order valence-electron chi connectivity index (χ2n) is 4.18. The number of carbonyl (C=O) groups is 1. The van der Waals surface area contributed by atoms with Gasteiger partial charge in [-0.1, -0.05) is 17.7 Å². The van der Waals surface area contributed by atoms with Crippen molar-refractivity contribution in [2.24, 2.45) is 0 Å². The Hall–Kier alpha value is -0.780. The number of carboxylic acid groups (broad SMARTS) is 1. The Morgan fingerprint density at radius 3 is 2.82 bits per heavy atom. The third kappa shape index (κ3) is 2.73. The molecule has 6 heteroatoms. The van der Waals surface area contributed by atoms with Crippen molar-refractivity contribution in [3.05, 3.63) is 27.7 Å². The predicted octanol–water partition coefficient (Wildman–Crippen LogP) is 2.33. The third-order valence-electron chi connectivity index (χ3n) is 2.77. The van der Waals surface area contributed by atoms with Gasteiger partial charge in [0.1, 0.15) is 0 Å². The molecule has 1 aromatic rings. The summed E-state index contributed by atoms with van der Waals surface area (Å²) in [6.45, 7) is 1.27. The Balaban J connectivity index is 2.18. The standard InChI is InChI=1S/C11H12BrClN2O2/c12-10-7(13)2-1-3-8(10)15-11(4-9(16)17)5-14-6-11/h1-3,14-15H,4-6H2,(H,16,17). The summed E-state index contributed by atoms with van der Waals surface area (Å²) in [5, 5.41) is 15.9. The molecule has 1 aliphatic rings. The molecule has 3 N–H and O–H groups in total. The van der Waals surface area contributed by atoms with Gasteiger partial charge in [0.05, 0.1) is 27.1 Å². The van der Waals surface area contributed by atoms with Crippen LogP contribution in [0.1, 0.15) is 6.42 Å². The van der Waals surface area contributed by atoms with E-state index in [1.165, 1.54) is 0 Å². The average Bonchev–Trinajstić information content (AvgIpc) is 2.21. The van der Waals surface area contributed by atoms with Gasteiger partial charge in [0, 0.05) is 13.1 Å². The third-order valence-corrected chi connectivity index (χ3v) is 4.17. The van der Waals surface area contributed by atoms with E-state index in [-0.39, 0.29) is 6.42 Å². The van der Waals surface area contributed by atoms with Crippen molar-refractivity contribution < 1.29 is 9.90 Å². The molecule has 1 fully saturated rings. The largest absolute Gasteiger partial charge is 0.481 e. The van der Waals surface area contributed by atoms with Crippen LogP contribution in [0.25, 0.3) is 0 Å². The molecule has 2 rings (SSSR count). The molecule has 92 valence electrons. The highest BCUT2D eigenvalue weighted by molar-refractivity contribution is 9.10. The van der Waals surface area contributed by atoms with Crippen molar-refractivity contribution in [2.75, 3.05) is 18.4 Å². The lowest BCUT2D eigenvalue weighted by Gasteiger charge is -2.43. The van der Waals surface area contributed by atoms with Crippen LogP contribution in [0.3, 0.4) is 0 Å². The lowest BCUT2D eigenvalue weighted by Crippen LogP contribution is -2.65. The van der Waals surface area contributed by atoms with E-state index in [1.807, 2.05) is 12.1 Å². The van der Waals surface area contributed by atoms with Gasteiger partial charge in [0.25, 0.3) is 0 Å². The van der Waals surface area contributed by atoms with Crippen LogP contribution in [0.4, 0.5) is 5.69 Å². The number of anilines is 1. The highest BCUT2D eigenvalue weighted by atomic mass is 79.9. The molecule has 0 spiro atoms. The van der Waals surface area contributed by atoms with Gasteiger partial charge in [0.15, 0.2) is 0 Å². The molecule has 0 radical (unpaired) electrons. The molecule has 0 saturated carbocycles. The molecule has 0 bridgehead atoms. The van der Waals surface area contributed by atoms with Crippen molar-refractivity contribution in [2.45, 2.75) is 12.0 Å². The van der Waals surface area contributed by atoms with Gasteiger partial charge >= 0.3 is 5.97 Å². The molecule has 1 heterocycles. The highest BCUT2D eigenvalue weighted by Crippen LogP contribution is 2.33. The van der Waals surface area contributed by atoms with Crippen molar-refractivity contribution >= 4 is 39.2 Å². The summed E-state index contributed by atoms with van der Waals surface area (Å²) < 4.78 is 0.762. The number of aliphatic carboxylic acids is 1. The first-order valence-electron chi connectivity index (χ1n) is 5.17. The molecule has 4 nitrogen and oxygen atoms in total. The Morgan fingerprint density at radius 2 is 2.29 bits per heavy atom. The predicted molar refractivity (Wildman–Crippen MR) is 70.6 cm³/mol. The normalized spacial score (nSPS) is 17.3. The molecule has 17 heavy (non-hydrogen) atoms. The second kappa shape index (κ2) is 4.84. The first-order chi connectivity index (χ1) is 8.02. The fourth-order valence-corrected chi connectivity index (χ4v) is 2.40. The summed E-state index contributed by atoms with van der Waals surface area (Å²) in [4.78, 5) is 10.8. The monoisotopic (exact) mass is 318 g/mol. The molecule has 0 amide bonds. The lowest BCUT2D eigenvalue weighted by atomic mass is 9.88. The second-order valence-corrected chi connectivity index (χ2v) is 5.38. The van der Waals surface area contributed by atoms with Crippen LogP contribution < -0.4 is 10.6 Å². The highest BCUT2D eigenvalue weighted by Gasteiger charge is 2.39. The first-order valence-corrected chi connectivity index (χ1v) is 6.34. The fraction of sp³-hybridized carbons (Fsp3) is 0.364. The lowest BCUT2D eigenvalue weighted by molar-refractivity contribution is -0.138. The molecular formula is C11H12BrClN2O2. The van der Waals surface area contributed by atoms with Crippen molar-refractivity contribution in [1.29, 1.82) is 0 Å². The van der Waals surface area contributed by atoms with Crippen molar-refractivity contribution in [3.63, 3.8) is 0 Å². The smallest absolute Gasteiger partial charge is 0.305 e. The summed E-state index contributed by atoms with van der Waals surface area (Å²) in [5.41, 5.74) is 0.402. The van der Waals surface area contributed by atoms with Gasteiger partial charge in [-0.2, -0.15) is 0 Å². The van der Waals surface area contributed by atoms with Gasteiger partial charge in [-0.25, -0.2) is 0 Å². The van der Waals surface area contributed by atoms with Crippen LogP contribution in [0.5, 0.6) is 0 Å². The minimum atomic E-state index is -0.808. The molecule has 0 atom stereocenters. The number of benzene rings is 1. The maximum Gasteiger partial charge on any atom is 0.305 e. The topological polar surface area (TPSA) is 61.4 Å². The molecular weight excluding hydrogens is 307 g/mol. The van der Waals surface area contributed by atoms with Crippen LogP contribution >= 0.6 is 27.5 Å². The van der Waals surface area contributed by atoms with Gasteiger partial charge in [-0.05, 0) is 28.1 Å². The fourth-order valence-electron chi connectivity index (χ4n) is 1.86. The molecule has 0 aliphatic carbocycles. The first kappa shape index (κ1) is 12.7. The van der Waals surface area contributed by atoms with Gasteiger partial charge in [0.2, 0.25) is 0 Å². The molecule has 1 aliphatic heterocycles. The summed E-state index contributed by atoms with van der Waals surface area (Å²) >= 11 is 9.38. The molecule has 0 aromatic heterocycles. The van der Waals surface area contributed by atoms with E-state index in [4.69, 9.17) is 16.7 Å². The zero-order valence-corrected chi connectivity index (χ0v) is 11.3. The van der Waals surface area contributed by atoms with E-state index < -0.39 is 11.5 Å². The van der Waals surface area contributed by atoms with Crippen molar-refractivity contribution in [1.82, 2.24) is 5.32 Å². The Morgan fingerprint density at radius 1 is 1.59 bits per heavy atom. The van der Waals surface area contributed by atoms with Gasteiger partial charge in [-0.15, -0.1) is 0 Å². The van der Waals surface area contributed by atoms with Crippen LogP contribution in [-0.4, -0.2) is 29.7 Å². The summed E-state index contributed by atoms with van der Waals surface area (Å²) in [6, 6.07) is 5.48.